The van der Waals surface area contributed by atoms with E-state index in [9.17, 15) is 19.2 Å². The fourth-order valence-electron chi connectivity index (χ4n) is 1.06. The lowest BCUT2D eigenvalue weighted by atomic mass is 9.92. The van der Waals surface area contributed by atoms with Crippen LogP contribution in [0.5, 0.6) is 0 Å². The summed E-state index contributed by atoms with van der Waals surface area (Å²) in [5.74, 6) is -6.19. The maximum Gasteiger partial charge on any atom is 0.328 e. The summed E-state index contributed by atoms with van der Waals surface area (Å²) < 4.78 is 0. The Balaban J connectivity index is 0. The third-order valence-electron chi connectivity index (χ3n) is 2.12. The van der Waals surface area contributed by atoms with E-state index in [4.69, 9.17) is 20.4 Å². The summed E-state index contributed by atoms with van der Waals surface area (Å²) in [5.41, 5.74) is 0. The summed E-state index contributed by atoms with van der Waals surface area (Å²) in [5, 5.41) is 32.6. The normalized spacial score (nSPS) is 12.9. The number of carboxylic acids is 4. The van der Waals surface area contributed by atoms with Crippen LogP contribution >= 0.6 is 0 Å². The monoisotopic (exact) mass is 276 g/mol. The number of hydrogen-bond acceptors (Lipinski definition) is 4. The molecule has 0 rings (SSSR count). The summed E-state index contributed by atoms with van der Waals surface area (Å²) in [6, 6.07) is 0. The van der Waals surface area contributed by atoms with E-state index < -0.39 is 35.7 Å². The highest BCUT2D eigenvalue weighted by Gasteiger charge is 2.27. The van der Waals surface area contributed by atoms with E-state index in [1.807, 2.05) is 0 Å². The molecule has 19 heavy (non-hydrogen) atoms. The minimum atomic E-state index is -1.26. The van der Waals surface area contributed by atoms with Gasteiger partial charge in [0.25, 0.3) is 0 Å². The molecule has 2 atom stereocenters. The largest absolute Gasteiger partial charge is 0.481 e. The van der Waals surface area contributed by atoms with Crippen LogP contribution < -0.4 is 0 Å². The molecule has 4 N–H and O–H groups in total. The number of carbonyl (C=O) groups is 4. The zero-order valence-electron chi connectivity index (χ0n) is 10.4. The molecule has 8 nitrogen and oxygen atoms in total. The van der Waals surface area contributed by atoms with Crippen LogP contribution in [0.1, 0.15) is 20.3 Å². The molecule has 2 unspecified atom stereocenters. The lowest BCUT2D eigenvalue weighted by molar-refractivity contribution is -0.153. The van der Waals surface area contributed by atoms with Gasteiger partial charge in [0.2, 0.25) is 0 Å². The Morgan fingerprint density at radius 2 is 1.26 bits per heavy atom. The first-order chi connectivity index (χ1) is 8.63. The van der Waals surface area contributed by atoms with E-state index >= 15 is 0 Å². The van der Waals surface area contributed by atoms with Crippen molar-refractivity contribution in [2.45, 2.75) is 20.3 Å². The van der Waals surface area contributed by atoms with E-state index in [0.717, 1.165) is 0 Å². The molecular formula is C11H16O8. The van der Waals surface area contributed by atoms with Gasteiger partial charge in [0.1, 0.15) is 0 Å². The van der Waals surface area contributed by atoms with Crippen LogP contribution in [0, 0.1) is 11.8 Å². The van der Waals surface area contributed by atoms with E-state index in [1.54, 1.807) is 6.92 Å². The van der Waals surface area contributed by atoms with Gasteiger partial charge in [-0.15, -0.1) is 0 Å². The average molecular weight is 276 g/mol. The van der Waals surface area contributed by atoms with Crippen molar-refractivity contribution in [3.05, 3.63) is 12.2 Å². The average Bonchev–Trinajstić information content (AvgIpc) is 2.27. The molecule has 0 amide bonds. The van der Waals surface area contributed by atoms with Crippen molar-refractivity contribution < 1.29 is 39.6 Å². The molecule has 0 bridgehead atoms. The molecule has 0 aliphatic carbocycles. The highest BCUT2D eigenvalue weighted by molar-refractivity contribution is 5.89. The molecule has 0 spiro atoms. The first-order valence-electron chi connectivity index (χ1n) is 5.22. The van der Waals surface area contributed by atoms with Gasteiger partial charge in [0.05, 0.1) is 11.8 Å². The standard InChI is InChI=1S/C7H12O4.C4H4O4/c1-3-5(7(10)11)4(2)6(8)9;5-3(6)1-2-4(7)8/h4-5H,3H2,1-2H3,(H,8,9)(H,10,11);1-2H,(H,5,6)(H,7,8)/b;2-1-. The molecule has 0 heterocycles. The van der Waals surface area contributed by atoms with Crippen molar-refractivity contribution in [2.75, 3.05) is 0 Å². The zero-order chi connectivity index (χ0) is 15.6. The lowest BCUT2D eigenvalue weighted by Crippen LogP contribution is -2.26. The maximum absolute atomic E-state index is 10.4. The molecule has 0 aromatic heterocycles. The van der Waals surface area contributed by atoms with E-state index in [-0.39, 0.29) is 0 Å². The van der Waals surface area contributed by atoms with Gasteiger partial charge in [-0.1, -0.05) is 13.8 Å². The Kier molecular flexibility index (Phi) is 9.62. The highest BCUT2D eigenvalue weighted by Crippen LogP contribution is 2.15. The van der Waals surface area contributed by atoms with E-state index in [1.165, 1.54) is 6.92 Å². The number of carboxylic acid groups (broad SMARTS) is 4. The molecule has 0 aliphatic heterocycles. The third kappa shape index (κ3) is 10.5. The zero-order valence-corrected chi connectivity index (χ0v) is 10.4. The van der Waals surface area contributed by atoms with Crippen LogP contribution in [0.3, 0.4) is 0 Å². The van der Waals surface area contributed by atoms with Crippen LogP contribution in [-0.4, -0.2) is 44.3 Å². The first kappa shape index (κ1) is 19.0. The van der Waals surface area contributed by atoms with Gasteiger partial charge in [0, 0.05) is 12.2 Å². The minimum Gasteiger partial charge on any atom is -0.481 e. The maximum atomic E-state index is 10.4. The molecule has 0 saturated heterocycles. The van der Waals surface area contributed by atoms with Gasteiger partial charge >= 0.3 is 23.9 Å². The molecule has 0 saturated carbocycles. The van der Waals surface area contributed by atoms with Crippen LogP contribution in [-0.2, 0) is 19.2 Å². The predicted molar refractivity (Wildman–Crippen MR) is 62.6 cm³/mol. The summed E-state index contributed by atoms with van der Waals surface area (Å²) in [4.78, 5) is 39.9. The quantitative estimate of drug-likeness (QED) is 0.513. The fourth-order valence-corrected chi connectivity index (χ4v) is 1.06. The second-order valence-corrected chi connectivity index (χ2v) is 3.49. The first-order valence-corrected chi connectivity index (χ1v) is 5.22. The molecule has 0 aliphatic rings. The van der Waals surface area contributed by atoms with Crippen LogP contribution in [0.25, 0.3) is 0 Å². The van der Waals surface area contributed by atoms with Crippen LogP contribution in [0.15, 0.2) is 12.2 Å². The lowest BCUT2D eigenvalue weighted by Gasteiger charge is -2.13. The fraction of sp³-hybridized carbons (Fsp3) is 0.455. The smallest absolute Gasteiger partial charge is 0.328 e. The van der Waals surface area contributed by atoms with Gasteiger partial charge in [-0.2, -0.15) is 0 Å². The van der Waals surface area contributed by atoms with Crippen LogP contribution in [0.2, 0.25) is 0 Å². The Hall–Kier alpha value is -2.38. The van der Waals surface area contributed by atoms with E-state index in [0.29, 0.717) is 18.6 Å². The second-order valence-electron chi connectivity index (χ2n) is 3.49. The molecule has 8 heteroatoms. The van der Waals surface area contributed by atoms with Gasteiger partial charge in [-0.05, 0) is 6.42 Å². The van der Waals surface area contributed by atoms with Crippen molar-refractivity contribution in [3.63, 3.8) is 0 Å². The number of hydrogen-bond donors (Lipinski definition) is 4. The Morgan fingerprint density at radius 1 is 0.895 bits per heavy atom. The minimum absolute atomic E-state index is 0.350. The SMILES string of the molecule is CCC(C(=O)O)C(C)C(=O)O.O=C(O)/C=C\C(=O)O. The van der Waals surface area contributed by atoms with Crippen LogP contribution in [0.4, 0.5) is 0 Å². The molecule has 0 radical (unpaired) electrons. The molecule has 108 valence electrons. The van der Waals surface area contributed by atoms with E-state index in [2.05, 4.69) is 0 Å². The summed E-state index contributed by atoms with van der Waals surface area (Å²) in [7, 11) is 0. The second kappa shape index (κ2) is 9.63. The van der Waals surface area contributed by atoms with Crippen molar-refractivity contribution in [2.24, 2.45) is 11.8 Å². The van der Waals surface area contributed by atoms with Crippen molar-refractivity contribution in [1.29, 1.82) is 0 Å². The highest BCUT2D eigenvalue weighted by atomic mass is 16.4. The number of aliphatic carboxylic acids is 4. The van der Waals surface area contributed by atoms with Gasteiger partial charge in [0.15, 0.2) is 0 Å². The molecule has 0 aromatic rings. The molecule has 0 fully saturated rings. The van der Waals surface area contributed by atoms with Crippen molar-refractivity contribution >= 4 is 23.9 Å². The van der Waals surface area contributed by atoms with Gasteiger partial charge in [-0.3, -0.25) is 9.59 Å². The third-order valence-corrected chi connectivity index (χ3v) is 2.12. The Morgan fingerprint density at radius 3 is 1.37 bits per heavy atom. The Labute approximate surface area is 109 Å². The van der Waals surface area contributed by atoms with Gasteiger partial charge < -0.3 is 20.4 Å². The van der Waals surface area contributed by atoms with Crippen molar-refractivity contribution in [3.8, 4) is 0 Å². The topological polar surface area (TPSA) is 149 Å². The predicted octanol–water partition coefficient (Wildman–Crippen LogP) is 0.530. The Bertz CT molecular complexity index is 355. The molecule has 0 aromatic carbocycles. The summed E-state index contributed by atoms with van der Waals surface area (Å²) in [6.45, 7) is 3.07. The van der Waals surface area contributed by atoms with Gasteiger partial charge in [-0.25, -0.2) is 9.59 Å². The molecular weight excluding hydrogens is 260 g/mol. The summed E-state index contributed by atoms with van der Waals surface area (Å²) in [6.07, 6.45) is 1.47. The number of rotatable bonds is 6. The van der Waals surface area contributed by atoms with Crippen molar-refractivity contribution in [1.82, 2.24) is 0 Å². The summed E-state index contributed by atoms with van der Waals surface area (Å²) >= 11 is 0.